The minimum absolute atomic E-state index is 0.635. The van der Waals surface area contributed by atoms with Crippen LogP contribution < -0.4 is 9.64 Å². The van der Waals surface area contributed by atoms with E-state index in [-0.39, 0.29) is 0 Å². The Balaban J connectivity index is 2.33. The van der Waals surface area contributed by atoms with Gasteiger partial charge in [-0.2, -0.15) is 0 Å². The fourth-order valence-electron chi connectivity index (χ4n) is 1.79. The second kappa shape index (κ2) is 9.18. The quantitative estimate of drug-likeness (QED) is 0.536. The normalized spacial score (nSPS) is 10.5. The van der Waals surface area contributed by atoms with E-state index in [0.29, 0.717) is 11.6 Å². The van der Waals surface area contributed by atoms with E-state index in [1.54, 1.807) is 0 Å². The molecule has 0 saturated carbocycles. The van der Waals surface area contributed by atoms with E-state index in [2.05, 4.69) is 29.1 Å². The molecule has 0 bridgehead atoms. The summed E-state index contributed by atoms with van der Waals surface area (Å²) >= 11 is 9.45. The van der Waals surface area contributed by atoms with Crippen molar-refractivity contribution >= 4 is 27.5 Å². The molecule has 1 N–H and O–H groups in total. The van der Waals surface area contributed by atoms with Crippen LogP contribution >= 0.6 is 27.5 Å². The zero-order valence-electron chi connectivity index (χ0n) is 11.0. The summed E-state index contributed by atoms with van der Waals surface area (Å²) < 4.78 is 6.64. The molecule has 2 nitrogen and oxygen atoms in total. The van der Waals surface area contributed by atoms with Gasteiger partial charge in [-0.3, -0.25) is 0 Å². The summed E-state index contributed by atoms with van der Waals surface area (Å²) in [6, 6.07) is 5.64. The molecule has 0 fully saturated rings. The summed E-state index contributed by atoms with van der Waals surface area (Å²) in [6.45, 7) is 11.1. The van der Waals surface area contributed by atoms with Crippen molar-refractivity contribution in [1.82, 2.24) is 0 Å². The monoisotopic (exact) mass is 344 g/mol. The summed E-state index contributed by atoms with van der Waals surface area (Å²) in [5, 5.41) is 0.635. The zero-order valence-corrected chi connectivity index (χ0v) is 13.3. The van der Waals surface area contributed by atoms with Gasteiger partial charge in [0.1, 0.15) is 5.75 Å². The first kappa shape index (κ1) is 16.3. The zero-order chi connectivity index (χ0) is 14.1. The molecule has 0 saturated heterocycles. The van der Waals surface area contributed by atoms with Crippen LogP contribution in [-0.4, -0.2) is 26.2 Å². The molecule has 1 aromatic carbocycles. The van der Waals surface area contributed by atoms with Gasteiger partial charge in [0, 0.05) is 10.9 Å². The van der Waals surface area contributed by atoms with Crippen LogP contribution in [0.15, 0.2) is 48.0 Å². The number of hydrogen-bond acceptors (Lipinski definition) is 1. The molecule has 0 spiro atoms. The Hall–Kier alpha value is -0.770. The van der Waals surface area contributed by atoms with Crippen molar-refractivity contribution in [3.8, 4) is 5.75 Å². The average molecular weight is 346 g/mol. The Bertz CT molecular complexity index is 413. The topological polar surface area (TPSA) is 13.7 Å². The van der Waals surface area contributed by atoms with Crippen LogP contribution in [0.2, 0.25) is 5.02 Å². The van der Waals surface area contributed by atoms with Crippen molar-refractivity contribution in [1.29, 1.82) is 0 Å². The van der Waals surface area contributed by atoms with Crippen LogP contribution in [0.25, 0.3) is 0 Å². The summed E-state index contributed by atoms with van der Waals surface area (Å²) in [7, 11) is 0. The third-order valence-electron chi connectivity index (χ3n) is 2.69. The lowest BCUT2D eigenvalue weighted by molar-refractivity contribution is -0.888. The summed E-state index contributed by atoms with van der Waals surface area (Å²) in [4.78, 5) is 1.44. The molecule has 0 aliphatic rings. The first-order valence-corrected chi connectivity index (χ1v) is 7.47. The van der Waals surface area contributed by atoms with Gasteiger partial charge in [-0.05, 0) is 30.4 Å². The minimum atomic E-state index is 0.635. The molecule has 0 aliphatic carbocycles. The first-order valence-electron chi connectivity index (χ1n) is 6.30. The summed E-state index contributed by atoms with van der Waals surface area (Å²) in [5.41, 5.74) is 0. The Morgan fingerprint density at radius 1 is 1.26 bits per heavy atom. The largest absolute Gasteiger partial charge is 0.492 e. The first-order chi connectivity index (χ1) is 9.17. The molecule has 4 heteroatoms. The SMILES string of the molecule is C=CC[NH+](CC=C)CCCOc1ccc(Br)cc1Cl. The predicted octanol–water partition coefficient (Wildman–Crippen LogP) is 3.13. The number of ether oxygens (including phenoxy) is 1. The van der Waals surface area contributed by atoms with Crippen LogP contribution in [0.4, 0.5) is 0 Å². The highest BCUT2D eigenvalue weighted by molar-refractivity contribution is 9.10. The maximum atomic E-state index is 6.08. The molecule has 104 valence electrons. The van der Waals surface area contributed by atoms with Crippen LogP contribution in [0.3, 0.4) is 0 Å². The van der Waals surface area contributed by atoms with Crippen molar-refractivity contribution in [2.45, 2.75) is 6.42 Å². The highest BCUT2D eigenvalue weighted by Crippen LogP contribution is 2.27. The highest BCUT2D eigenvalue weighted by Gasteiger charge is 2.05. The average Bonchev–Trinajstić information content (AvgIpc) is 2.37. The molecule has 0 unspecified atom stereocenters. The Morgan fingerprint density at radius 2 is 1.95 bits per heavy atom. The summed E-state index contributed by atoms with van der Waals surface area (Å²) in [6.07, 6.45) is 4.85. The second-order valence-corrected chi connectivity index (χ2v) is 5.59. The molecule has 1 aromatic rings. The predicted molar refractivity (Wildman–Crippen MR) is 85.2 cm³/mol. The number of benzene rings is 1. The van der Waals surface area contributed by atoms with Crippen LogP contribution in [0.1, 0.15) is 6.42 Å². The van der Waals surface area contributed by atoms with Crippen molar-refractivity contribution < 1.29 is 9.64 Å². The van der Waals surface area contributed by atoms with Crippen molar-refractivity contribution in [3.05, 3.63) is 53.0 Å². The molecular formula is C15H20BrClNO+. The fourth-order valence-corrected chi connectivity index (χ4v) is 2.52. The maximum absolute atomic E-state index is 6.08. The Labute approximate surface area is 128 Å². The number of hydrogen-bond donors (Lipinski definition) is 1. The Kier molecular flexibility index (Phi) is 7.87. The van der Waals surface area contributed by atoms with Crippen molar-refractivity contribution in [2.24, 2.45) is 0 Å². The lowest BCUT2D eigenvalue weighted by Gasteiger charge is -2.16. The van der Waals surface area contributed by atoms with Gasteiger partial charge in [-0.1, -0.05) is 40.7 Å². The number of rotatable bonds is 9. The molecule has 0 aliphatic heterocycles. The van der Waals surface area contributed by atoms with E-state index in [4.69, 9.17) is 16.3 Å². The molecular weight excluding hydrogens is 326 g/mol. The van der Waals surface area contributed by atoms with Gasteiger partial charge >= 0.3 is 0 Å². The number of nitrogens with one attached hydrogen (secondary N) is 1. The molecule has 0 heterocycles. The molecule has 1 rings (SSSR count). The molecule has 0 radical (unpaired) electrons. The second-order valence-electron chi connectivity index (χ2n) is 4.26. The van der Waals surface area contributed by atoms with Crippen molar-refractivity contribution in [3.63, 3.8) is 0 Å². The van der Waals surface area contributed by atoms with Gasteiger partial charge in [0.25, 0.3) is 0 Å². The number of halogens is 2. The molecule has 0 aromatic heterocycles. The van der Waals surface area contributed by atoms with Gasteiger partial charge < -0.3 is 9.64 Å². The van der Waals surface area contributed by atoms with Gasteiger partial charge in [-0.15, -0.1) is 0 Å². The van der Waals surface area contributed by atoms with E-state index in [1.165, 1.54) is 4.90 Å². The van der Waals surface area contributed by atoms with E-state index in [9.17, 15) is 0 Å². The minimum Gasteiger partial charge on any atom is -0.492 e. The lowest BCUT2D eigenvalue weighted by atomic mass is 10.3. The highest BCUT2D eigenvalue weighted by atomic mass is 79.9. The maximum Gasteiger partial charge on any atom is 0.137 e. The van der Waals surface area contributed by atoms with Gasteiger partial charge in [0.15, 0.2) is 0 Å². The van der Waals surface area contributed by atoms with E-state index in [1.807, 2.05) is 30.4 Å². The fraction of sp³-hybridized carbons (Fsp3) is 0.333. The van der Waals surface area contributed by atoms with E-state index < -0.39 is 0 Å². The smallest absolute Gasteiger partial charge is 0.137 e. The standard InChI is InChI=1S/C15H19BrClNO/c1-3-8-18(9-4-2)10-5-11-19-15-7-6-13(16)12-14(15)17/h3-4,6-7,12H,1-2,5,8-11H2/p+1. The number of quaternary nitrogens is 1. The van der Waals surface area contributed by atoms with Gasteiger partial charge in [0.2, 0.25) is 0 Å². The van der Waals surface area contributed by atoms with E-state index >= 15 is 0 Å². The summed E-state index contributed by atoms with van der Waals surface area (Å²) in [5.74, 6) is 0.735. The van der Waals surface area contributed by atoms with Crippen molar-refractivity contribution in [2.75, 3.05) is 26.2 Å². The molecule has 0 atom stereocenters. The van der Waals surface area contributed by atoms with Crippen LogP contribution in [0, 0.1) is 0 Å². The molecule has 0 amide bonds. The van der Waals surface area contributed by atoms with Gasteiger partial charge in [-0.25, -0.2) is 0 Å². The van der Waals surface area contributed by atoms with Gasteiger partial charge in [0.05, 0.1) is 31.3 Å². The Morgan fingerprint density at radius 3 is 2.53 bits per heavy atom. The molecule has 19 heavy (non-hydrogen) atoms. The third-order valence-corrected chi connectivity index (χ3v) is 3.48. The van der Waals surface area contributed by atoms with Crippen LogP contribution in [0.5, 0.6) is 5.75 Å². The third kappa shape index (κ3) is 6.28. The lowest BCUT2D eigenvalue weighted by Crippen LogP contribution is -3.11. The van der Waals surface area contributed by atoms with E-state index in [0.717, 1.165) is 36.3 Å². The van der Waals surface area contributed by atoms with Crippen LogP contribution in [-0.2, 0) is 0 Å².